The summed E-state index contributed by atoms with van der Waals surface area (Å²) in [5.41, 5.74) is 1.27. The summed E-state index contributed by atoms with van der Waals surface area (Å²) in [5, 5.41) is 3.59. The Labute approximate surface area is 111 Å². The van der Waals surface area contributed by atoms with E-state index in [1.54, 1.807) is 0 Å². The molecule has 0 bridgehead atoms. The minimum absolute atomic E-state index is 0.418. The van der Waals surface area contributed by atoms with Crippen LogP contribution in [0.4, 0.5) is 0 Å². The van der Waals surface area contributed by atoms with Gasteiger partial charge in [-0.05, 0) is 38.1 Å². The Morgan fingerprint density at radius 1 is 1.53 bits per heavy atom. The van der Waals surface area contributed by atoms with Crippen LogP contribution in [0.5, 0.6) is 5.75 Å². The van der Waals surface area contributed by atoms with Crippen molar-refractivity contribution < 1.29 is 4.74 Å². The monoisotopic (exact) mass is 295 g/mol. The molecule has 1 N–H and O–H groups in total. The molecule has 1 aliphatic heterocycles. The number of hydrogen-bond acceptors (Lipinski definition) is 2. The second kappa shape index (κ2) is 6.22. The molecule has 0 saturated carbocycles. The Kier molecular flexibility index (Phi) is 4.63. The molecule has 0 aliphatic carbocycles. The largest absolute Gasteiger partial charge is 0.493 e. The molecule has 0 spiro atoms. The lowest BCUT2D eigenvalue weighted by molar-refractivity contribution is 0.253. The fraction of sp³-hybridized carbons (Fsp3) is 0.429. The smallest absolute Gasteiger partial charge is 0.124 e. The van der Waals surface area contributed by atoms with Gasteiger partial charge in [0.05, 0.1) is 6.61 Å². The second-order valence-corrected chi connectivity index (χ2v) is 5.10. The van der Waals surface area contributed by atoms with Gasteiger partial charge < -0.3 is 10.1 Å². The zero-order chi connectivity index (χ0) is 12.1. The first kappa shape index (κ1) is 12.7. The molecule has 0 aromatic heterocycles. The van der Waals surface area contributed by atoms with Gasteiger partial charge in [-0.3, -0.25) is 0 Å². The Morgan fingerprint density at radius 3 is 3.24 bits per heavy atom. The topological polar surface area (TPSA) is 21.3 Å². The van der Waals surface area contributed by atoms with E-state index >= 15 is 0 Å². The molecule has 0 radical (unpaired) electrons. The molecule has 1 aliphatic rings. The third-order valence-corrected chi connectivity index (χ3v) is 3.44. The number of hydrogen-bond donors (Lipinski definition) is 1. The van der Waals surface area contributed by atoms with Crippen LogP contribution in [0.1, 0.15) is 31.4 Å². The van der Waals surface area contributed by atoms with Gasteiger partial charge in [-0.2, -0.15) is 0 Å². The zero-order valence-electron chi connectivity index (χ0n) is 10.1. The average molecular weight is 296 g/mol. The van der Waals surface area contributed by atoms with E-state index in [0.29, 0.717) is 6.04 Å². The normalized spacial score (nSPS) is 19.1. The summed E-state index contributed by atoms with van der Waals surface area (Å²) in [5.74, 6) is 1.02. The molecule has 1 unspecified atom stereocenters. The van der Waals surface area contributed by atoms with Crippen molar-refractivity contribution in [3.8, 4) is 5.75 Å². The summed E-state index contributed by atoms with van der Waals surface area (Å²) in [4.78, 5) is 0. The SMILES string of the molecule is C/C=C/CCNC1CCOc2ccc(Br)cc21. The third-order valence-electron chi connectivity index (χ3n) is 2.95. The molecule has 2 rings (SSSR count). The summed E-state index contributed by atoms with van der Waals surface area (Å²) in [7, 11) is 0. The van der Waals surface area contributed by atoms with Crippen molar-refractivity contribution in [1.29, 1.82) is 0 Å². The van der Waals surface area contributed by atoms with Crippen LogP contribution >= 0.6 is 15.9 Å². The number of nitrogens with one attached hydrogen (secondary N) is 1. The lowest BCUT2D eigenvalue weighted by Gasteiger charge is -2.27. The molecule has 0 fully saturated rings. The minimum Gasteiger partial charge on any atom is -0.493 e. The summed E-state index contributed by atoms with van der Waals surface area (Å²) in [6, 6.07) is 6.64. The van der Waals surface area contributed by atoms with Crippen molar-refractivity contribution in [2.75, 3.05) is 13.2 Å². The van der Waals surface area contributed by atoms with E-state index in [4.69, 9.17) is 4.74 Å². The predicted molar refractivity (Wildman–Crippen MR) is 74.4 cm³/mol. The molecule has 92 valence electrons. The van der Waals surface area contributed by atoms with Crippen LogP contribution in [0.15, 0.2) is 34.8 Å². The van der Waals surface area contributed by atoms with Crippen LogP contribution in [0.2, 0.25) is 0 Å². The number of ether oxygens (including phenoxy) is 1. The Hall–Kier alpha value is -0.800. The maximum atomic E-state index is 5.66. The van der Waals surface area contributed by atoms with Crippen LogP contribution in [-0.2, 0) is 0 Å². The first-order valence-electron chi connectivity index (χ1n) is 6.08. The van der Waals surface area contributed by atoms with Gasteiger partial charge in [-0.15, -0.1) is 0 Å². The van der Waals surface area contributed by atoms with Gasteiger partial charge in [-0.25, -0.2) is 0 Å². The number of halogens is 1. The highest BCUT2D eigenvalue weighted by Gasteiger charge is 2.20. The van der Waals surface area contributed by atoms with Gasteiger partial charge in [0.25, 0.3) is 0 Å². The standard InChI is InChI=1S/C14H18BrNO/c1-2-3-4-8-16-13-7-9-17-14-6-5-11(15)10-12(13)14/h2-3,5-6,10,13,16H,4,7-9H2,1H3/b3-2+. The maximum Gasteiger partial charge on any atom is 0.124 e. The molecule has 1 atom stereocenters. The lowest BCUT2D eigenvalue weighted by atomic mass is 10.0. The molecule has 1 aromatic carbocycles. The zero-order valence-corrected chi connectivity index (χ0v) is 11.7. The first-order valence-corrected chi connectivity index (χ1v) is 6.87. The molecular weight excluding hydrogens is 278 g/mol. The van der Waals surface area contributed by atoms with E-state index in [-0.39, 0.29) is 0 Å². The molecule has 3 heteroatoms. The van der Waals surface area contributed by atoms with Crippen LogP contribution in [0.3, 0.4) is 0 Å². The van der Waals surface area contributed by atoms with Crippen molar-refractivity contribution in [1.82, 2.24) is 5.32 Å². The van der Waals surface area contributed by atoms with Gasteiger partial charge >= 0.3 is 0 Å². The van der Waals surface area contributed by atoms with E-state index in [1.807, 2.05) is 12.1 Å². The highest BCUT2D eigenvalue weighted by Crippen LogP contribution is 2.33. The average Bonchev–Trinajstić information content (AvgIpc) is 2.35. The maximum absolute atomic E-state index is 5.66. The van der Waals surface area contributed by atoms with Gasteiger partial charge in [0.1, 0.15) is 5.75 Å². The molecule has 0 amide bonds. The minimum atomic E-state index is 0.418. The van der Waals surface area contributed by atoms with Gasteiger partial charge in [0.2, 0.25) is 0 Å². The summed E-state index contributed by atoms with van der Waals surface area (Å²) in [6.45, 7) is 3.87. The number of rotatable bonds is 4. The van der Waals surface area contributed by atoms with Crippen LogP contribution < -0.4 is 10.1 Å². The molecule has 1 aromatic rings. The molecule has 2 nitrogen and oxygen atoms in total. The fourth-order valence-corrected chi connectivity index (χ4v) is 2.46. The third kappa shape index (κ3) is 3.33. The summed E-state index contributed by atoms with van der Waals surface area (Å²) < 4.78 is 6.77. The second-order valence-electron chi connectivity index (χ2n) is 4.18. The van der Waals surface area contributed by atoms with Crippen molar-refractivity contribution in [3.63, 3.8) is 0 Å². The van der Waals surface area contributed by atoms with Gasteiger partial charge in [-0.1, -0.05) is 28.1 Å². The first-order chi connectivity index (χ1) is 8.31. The van der Waals surface area contributed by atoms with Gasteiger partial charge in [0.15, 0.2) is 0 Å². The molecule has 17 heavy (non-hydrogen) atoms. The Bertz CT molecular complexity index is 403. The number of benzene rings is 1. The van der Waals surface area contributed by atoms with Crippen molar-refractivity contribution in [3.05, 3.63) is 40.4 Å². The Balaban J connectivity index is 2.03. The van der Waals surface area contributed by atoms with E-state index in [9.17, 15) is 0 Å². The highest BCUT2D eigenvalue weighted by molar-refractivity contribution is 9.10. The number of allylic oxidation sites excluding steroid dienone is 1. The number of fused-ring (bicyclic) bond motifs is 1. The summed E-state index contributed by atoms with van der Waals surface area (Å²) >= 11 is 3.52. The van der Waals surface area contributed by atoms with Crippen molar-refractivity contribution in [2.24, 2.45) is 0 Å². The van der Waals surface area contributed by atoms with Crippen LogP contribution in [-0.4, -0.2) is 13.2 Å². The molecule has 0 saturated heterocycles. The quantitative estimate of drug-likeness (QED) is 0.673. The van der Waals surface area contributed by atoms with E-state index in [0.717, 1.165) is 36.2 Å². The Morgan fingerprint density at radius 2 is 2.41 bits per heavy atom. The van der Waals surface area contributed by atoms with Crippen LogP contribution in [0.25, 0.3) is 0 Å². The van der Waals surface area contributed by atoms with Crippen LogP contribution in [0, 0.1) is 0 Å². The predicted octanol–water partition coefficient (Wildman–Crippen LogP) is 3.83. The fourth-order valence-electron chi connectivity index (χ4n) is 2.08. The lowest BCUT2D eigenvalue weighted by Crippen LogP contribution is -2.27. The van der Waals surface area contributed by atoms with Crippen molar-refractivity contribution in [2.45, 2.75) is 25.8 Å². The van der Waals surface area contributed by atoms with Gasteiger partial charge in [0, 0.05) is 22.5 Å². The van der Waals surface area contributed by atoms with E-state index < -0.39 is 0 Å². The van der Waals surface area contributed by atoms with E-state index in [2.05, 4.69) is 46.4 Å². The van der Waals surface area contributed by atoms with Crippen molar-refractivity contribution >= 4 is 15.9 Å². The highest BCUT2D eigenvalue weighted by atomic mass is 79.9. The van der Waals surface area contributed by atoms with E-state index in [1.165, 1.54) is 5.56 Å². The molecule has 1 heterocycles. The summed E-state index contributed by atoms with van der Waals surface area (Å²) in [6.07, 6.45) is 6.40. The molecular formula is C14H18BrNO.